The van der Waals surface area contributed by atoms with E-state index in [0.29, 0.717) is 5.56 Å². The second-order valence-electron chi connectivity index (χ2n) is 4.35. The van der Waals surface area contributed by atoms with Crippen LogP contribution in [0.25, 0.3) is 0 Å². The van der Waals surface area contributed by atoms with Crippen molar-refractivity contribution in [3.05, 3.63) is 29.6 Å². The van der Waals surface area contributed by atoms with Gasteiger partial charge < -0.3 is 15.4 Å². The molecule has 0 bridgehead atoms. The van der Waals surface area contributed by atoms with Crippen LogP contribution in [0.15, 0.2) is 18.2 Å². The van der Waals surface area contributed by atoms with Crippen molar-refractivity contribution in [1.29, 1.82) is 0 Å². The zero-order chi connectivity index (χ0) is 13.0. The van der Waals surface area contributed by atoms with Crippen LogP contribution < -0.4 is 15.4 Å². The van der Waals surface area contributed by atoms with Gasteiger partial charge in [-0.2, -0.15) is 0 Å². The monoisotopic (exact) mass is 288 g/mol. The van der Waals surface area contributed by atoms with Crippen LogP contribution in [0.2, 0.25) is 0 Å². The molecule has 0 atom stereocenters. The first-order chi connectivity index (χ1) is 8.70. The number of hydrogen-bond donors (Lipinski definition) is 2. The number of benzene rings is 1. The van der Waals surface area contributed by atoms with Crippen molar-refractivity contribution in [2.24, 2.45) is 0 Å². The molecule has 6 heteroatoms. The summed E-state index contributed by atoms with van der Waals surface area (Å²) < 4.78 is 18.1. The second-order valence-corrected chi connectivity index (χ2v) is 4.35. The van der Waals surface area contributed by atoms with Crippen molar-refractivity contribution in [1.82, 2.24) is 10.6 Å². The van der Waals surface area contributed by atoms with E-state index in [4.69, 9.17) is 4.74 Å². The smallest absolute Gasteiger partial charge is 0.251 e. The molecule has 4 nitrogen and oxygen atoms in total. The number of amides is 1. The van der Waals surface area contributed by atoms with E-state index in [0.717, 1.165) is 25.9 Å². The summed E-state index contributed by atoms with van der Waals surface area (Å²) in [6, 6.07) is 4.32. The molecule has 1 fully saturated rings. The first-order valence-corrected chi connectivity index (χ1v) is 6.06. The average Bonchev–Trinajstić information content (AvgIpc) is 2.40. The minimum absolute atomic E-state index is 0. The molecule has 1 aliphatic rings. The fourth-order valence-electron chi connectivity index (χ4n) is 2.04. The van der Waals surface area contributed by atoms with E-state index in [9.17, 15) is 9.18 Å². The summed E-state index contributed by atoms with van der Waals surface area (Å²) >= 11 is 0. The van der Waals surface area contributed by atoms with E-state index in [1.54, 1.807) is 0 Å². The Morgan fingerprint density at radius 3 is 2.74 bits per heavy atom. The Hall–Kier alpha value is -1.33. The fourth-order valence-corrected chi connectivity index (χ4v) is 2.04. The summed E-state index contributed by atoms with van der Waals surface area (Å²) in [5, 5.41) is 6.18. The number of rotatable bonds is 3. The summed E-state index contributed by atoms with van der Waals surface area (Å²) in [4.78, 5) is 12.0. The Morgan fingerprint density at radius 1 is 1.42 bits per heavy atom. The van der Waals surface area contributed by atoms with Gasteiger partial charge in [-0.3, -0.25) is 4.79 Å². The molecule has 0 spiro atoms. The SMILES string of the molecule is COc1cc(C(=O)NC2CCNCC2)ccc1F.Cl. The molecule has 106 valence electrons. The molecule has 19 heavy (non-hydrogen) atoms. The number of carbonyl (C=O) groups is 1. The van der Waals surface area contributed by atoms with Crippen molar-refractivity contribution in [2.45, 2.75) is 18.9 Å². The van der Waals surface area contributed by atoms with Gasteiger partial charge in [-0.1, -0.05) is 0 Å². The number of carbonyl (C=O) groups excluding carboxylic acids is 1. The zero-order valence-electron chi connectivity index (χ0n) is 10.7. The number of ether oxygens (including phenoxy) is 1. The predicted molar refractivity (Wildman–Crippen MR) is 73.6 cm³/mol. The molecule has 1 heterocycles. The molecule has 0 saturated carbocycles. The van der Waals surface area contributed by atoms with Crippen LogP contribution in [0.5, 0.6) is 5.75 Å². The number of piperidine rings is 1. The van der Waals surface area contributed by atoms with Gasteiger partial charge in [0.2, 0.25) is 0 Å². The van der Waals surface area contributed by atoms with Gasteiger partial charge in [0.15, 0.2) is 11.6 Å². The molecule has 1 amide bonds. The fraction of sp³-hybridized carbons (Fsp3) is 0.462. The lowest BCUT2D eigenvalue weighted by Gasteiger charge is -2.23. The number of methoxy groups -OCH3 is 1. The van der Waals surface area contributed by atoms with Gasteiger partial charge in [-0.05, 0) is 44.1 Å². The maximum absolute atomic E-state index is 13.2. The minimum atomic E-state index is -0.462. The van der Waals surface area contributed by atoms with Crippen LogP contribution in [0.1, 0.15) is 23.2 Å². The molecule has 2 N–H and O–H groups in total. The van der Waals surface area contributed by atoms with Crippen LogP contribution in [-0.4, -0.2) is 32.1 Å². The van der Waals surface area contributed by atoms with Crippen LogP contribution in [0, 0.1) is 5.82 Å². The minimum Gasteiger partial charge on any atom is -0.494 e. The van der Waals surface area contributed by atoms with Crippen LogP contribution in [-0.2, 0) is 0 Å². The first kappa shape index (κ1) is 15.7. The molecule has 0 radical (unpaired) electrons. The van der Waals surface area contributed by atoms with Gasteiger partial charge >= 0.3 is 0 Å². The molecule has 0 unspecified atom stereocenters. The summed E-state index contributed by atoms with van der Waals surface area (Å²) in [5.74, 6) is -0.552. The molecular formula is C13H18ClFN2O2. The standard InChI is InChI=1S/C13H17FN2O2.ClH/c1-18-12-8-9(2-3-11(12)14)13(17)16-10-4-6-15-7-5-10;/h2-3,8,10,15H,4-7H2,1H3,(H,16,17);1H. The Balaban J connectivity index is 0.00000180. The number of hydrogen-bond acceptors (Lipinski definition) is 3. The Morgan fingerprint density at radius 2 is 2.11 bits per heavy atom. The molecular weight excluding hydrogens is 271 g/mol. The molecule has 2 rings (SSSR count). The highest BCUT2D eigenvalue weighted by atomic mass is 35.5. The summed E-state index contributed by atoms with van der Waals surface area (Å²) in [6.07, 6.45) is 1.84. The first-order valence-electron chi connectivity index (χ1n) is 6.06. The second kappa shape index (κ2) is 7.31. The third-order valence-corrected chi connectivity index (χ3v) is 3.09. The lowest BCUT2D eigenvalue weighted by Crippen LogP contribution is -2.42. The zero-order valence-corrected chi connectivity index (χ0v) is 11.6. The van der Waals surface area contributed by atoms with Gasteiger partial charge in [0.1, 0.15) is 0 Å². The van der Waals surface area contributed by atoms with Crippen molar-refractivity contribution >= 4 is 18.3 Å². The van der Waals surface area contributed by atoms with Gasteiger partial charge in [0.05, 0.1) is 7.11 Å². The van der Waals surface area contributed by atoms with Crippen molar-refractivity contribution in [2.75, 3.05) is 20.2 Å². The summed E-state index contributed by atoms with van der Waals surface area (Å²) in [5.41, 5.74) is 0.423. The van der Waals surface area contributed by atoms with E-state index in [-0.39, 0.29) is 30.1 Å². The Bertz CT molecular complexity index is 437. The normalized spacial score (nSPS) is 15.5. The lowest BCUT2D eigenvalue weighted by atomic mass is 10.1. The highest BCUT2D eigenvalue weighted by Gasteiger charge is 2.17. The third-order valence-electron chi connectivity index (χ3n) is 3.09. The van der Waals surface area contributed by atoms with E-state index in [2.05, 4.69) is 10.6 Å². The molecule has 1 aliphatic heterocycles. The molecule has 1 aromatic rings. The van der Waals surface area contributed by atoms with Gasteiger partial charge in [0, 0.05) is 11.6 Å². The third kappa shape index (κ3) is 4.08. The predicted octanol–water partition coefficient (Wildman–Crippen LogP) is 1.74. The highest BCUT2D eigenvalue weighted by Crippen LogP contribution is 2.18. The Labute approximate surface area is 118 Å². The summed E-state index contributed by atoms with van der Waals surface area (Å²) in [7, 11) is 1.38. The van der Waals surface area contributed by atoms with E-state index in [1.807, 2.05) is 0 Å². The maximum Gasteiger partial charge on any atom is 0.251 e. The molecule has 0 aliphatic carbocycles. The molecule has 1 saturated heterocycles. The van der Waals surface area contributed by atoms with Crippen molar-refractivity contribution in [3.63, 3.8) is 0 Å². The highest BCUT2D eigenvalue weighted by molar-refractivity contribution is 5.94. The maximum atomic E-state index is 13.2. The number of nitrogens with one attached hydrogen (secondary N) is 2. The van der Waals surface area contributed by atoms with Crippen molar-refractivity contribution < 1.29 is 13.9 Å². The van der Waals surface area contributed by atoms with Crippen molar-refractivity contribution in [3.8, 4) is 5.75 Å². The van der Waals surface area contributed by atoms with E-state index in [1.165, 1.54) is 25.3 Å². The van der Waals surface area contributed by atoms with Crippen LogP contribution in [0.4, 0.5) is 4.39 Å². The van der Waals surface area contributed by atoms with Gasteiger partial charge in [-0.15, -0.1) is 12.4 Å². The molecule has 1 aromatic carbocycles. The van der Waals surface area contributed by atoms with Crippen LogP contribution >= 0.6 is 12.4 Å². The van der Waals surface area contributed by atoms with Crippen LogP contribution in [0.3, 0.4) is 0 Å². The van der Waals surface area contributed by atoms with Gasteiger partial charge in [0.25, 0.3) is 5.91 Å². The average molecular weight is 289 g/mol. The topological polar surface area (TPSA) is 50.4 Å². The van der Waals surface area contributed by atoms with E-state index >= 15 is 0 Å². The largest absolute Gasteiger partial charge is 0.494 e. The van der Waals surface area contributed by atoms with Gasteiger partial charge in [-0.25, -0.2) is 4.39 Å². The Kier molecular flexibility index (Phi) is 6.05. The number of halogens is 2. The molecule has 0 aromatic heterocycles. The quantitative estimate of drug-likeness (QED) is 0.891. The lowest BCUT2D eigenvalue weighted by molar-refractivity contribution is 0.0929. The van der Waals surface area contributed by atoms with E-state index < -0.39 is 5.82 Å². The summed E-state index contributed by atoms with van der Waals surface area (Å²) in [6.45, 7) is 1.83.